The van der Waals surface area contributed by atoms with Gasteiger partial charge < -0.3 is 10.0 Å². The molecule has 4 nitrogen and oxygen atoms in total. The molecule has 0 amide bonds. The molecular weight excluding hydrogens is 302 g/mol. The summed E-state index contributed by atoms with van der Waals surface area (Å²) in [5.41, 5.74) is 0.945. The largest absolute Gasteiger partial charge is 0.508 e. The van der Waals surface area contributed by atoms with E-state index in [2.05, 4.69) is 16.9 Å². The molecule has 1 N–H and O–H groups in total. The number of aromatic nitrogens is 1. The molecule has 2 aliphatic heterocycles. The van der Waals surface area contributed by atoms with Crippen LogP contribution in [-0.2, 0) is 0 Å². The van der Waals surface area contributed by atoms with Crippen molar-refractivity contribution in [1.82, 2.24) is 9.88 Å². The van der Waals surface area contributed by atoms with Crippen LogP contribution in [-0.4, -0.2) is 51.5 Å². The first-order chi connectivity index (χ1) is 10.1. The average molecular weight is 319 g/mol. The van der Waals surface area contributed by atoms with Crippen molar-refractivity contribution < 1.29 is 5.11 Å². The Kier molecular flexibility index (Phi) is 3.20. The van der Waals surface area contributed by atoms with E-state index in [9.17, 15) is 5.11 Å². The fraction of sp³-hybridized carbons (Fsp3) is 0.467. The number of thiazole rings is 1. The fourth-order valence-electron chi connectivity index (χ4n) is 2.89. The van der Waals surface area contributed by atoms with Gasteiger partial charge in [-0.1, -0.05) is 11.8 Å². The van der Waals surface area contributed by atoms with E-state index in [4.69, 9.17) is 4.99 Å². The van der Waals surface area contributed by atoms with Crippen molar-refractivity contribution in [1.29, 1.82) is 0 Å². The van der Waals surface area contributed by atoms with Gasteiger partial charge >= 0.3 is 0 Å². The number of fused-ring (bicyclic) bond motifs is 1. The van der Waals surface area contributed by atoms with E-state index < -0.39 is 0 Å². The number of aliphatic imine (C=N–C) groups is 1. The monoisotopic (exact) mass is 319 g/mol. The highest BCUT2D eigenvalue weighted by Crippen LogP contribution is 2.43. The highest BCUT2D eigenvalue weighted by atomic mass is 32.2. The van der Waals surface area contributed by atoms with Crippen molar-refractivity contribution in [3.63, 3.8) is 0 Å². The van der Waals surface area contributed by atoms with Gasteiger partial charge in [-0.15, -0.1) is 11.3 Å². The molecule has 1 aromatic carbocycles. The molecule has 1 saturated heterocycles. The summed E-state index contributed by atoms with van der Waals surface area (Å²) in [5, 5.41) is 11.6. The summed E-state index contributed by atoms with van der Waals surface area (Å²) in [4.78, 5) is 11.8. The first-order valence-corrected chi connectivity index (χ1v) is 8.79. The lowest BCUT2D eigenvalue weighted by Gasteiger charge is -2.36. The molecular formula is C15H17N3OS2. The van der Waals surface area contributed by atoms with Gasteiger partial charge in [0.05, 0.1) is 16.8 Å². The number of phenolic OH excluding ortho intramolecular Hbond substituents is 1. The van der Waals surface area contributed by atoms with Crippen LogP contribution in [0, 0.1) is 0 Å². The number of aromatic hydroxyl groups is 1. The molecule has 0 saturated carbocycles. The Bertz CT molecular complexity index is 717. The molecule has 1 fully saturated rings. The lowest BCUT2D eigenvalue weighted by atomic mass is 9.96. The van der Waals surface area contributed by atoms with Gasteiger partial charge in [0.25, 0.3) is 0 Å². The summed E-state index contributed by atoms with van der Waals surface area (Å²) in [6, 6.07) is 5.34. The number of likely N-dealkylation sites (tertiary alicyclic amines) is 1. The van der Waals surface area contributed by atoms with Gasteiger partial charge in [-0.2, -0.15) is 0 Å². The molecule has 0 unspecified atom stereocenters. The number of benzene rings is 1. The Morgan fingerprint density at radius 2 is 2.10 bits per heavy atom. The average Bonchev–Trinajstić information content (AvgIpc) is 3.06. The Morgan fingerprint density at radius 3 is 2.90 bits per heavy atom. The molecule has 6 heteroatoms. The first kappa shape index (κ1) is 13.5. The number of rotatable bonds is 1. The Balaban J connectivity index is 1.59. The predicted molar refractivity (Wildman–Crippen MR) is 89.7 cm³/mol. The number of hydrogen-bond donors (Lipinski definition) is 1. The third-order valence-electron chi connectivity index (χ3n) is 4.28. The van der Waals surface area contributed by atoms with E-state index in [0.29, 0.717) is 10.5 Å². The van der Waals surface area contributed by atoms with Crippen LogP contribution in [0.5, 0.6) is 5.75 Å². The molecule has 1 spiro atoms. The van der Waals surface area contributed by atoms with E-state index in [1.54, 1.807) is 23.5 Å². The van der Waals surface area contributed by atoms with Crippen LogP contribution in [0.4, 0.5) is 0 Å². The lowest BCUT2D eigenvalue weighted by molar-refractivity contribution is 0.244. The highest BCUT2D eigenvalue weighted by molar-refractivity contribution is 8.16. The number of thioether (sulfide) groups is 1. The van der Waals surface area contributed by atoms with E-state index in [1.165, 1.54) is 12.8 Å². The molecule has 2 aliphatic rings. The van der Waals surface area contributed by atoms with Crippen LogP contribution in [0.2, 0.25) is 0 Å². The summed E-state index contributed by atoms with van der Waals surface area (Å²) in [5.74, 6) is 0.297. The molecule has 0 aliphatic carbocycles. The zero-order chi connectivity index (χ0) is 14.4. The minimum absolute atomic E-state index is 0.293. The van der Waals surface area contributed by atoms with Crippen molar-refractivity contribution in [3.05, 3.63) is 23.2 Å². The zero-order valence-corrected chi connectivity index (χ0v) is 13.5. The van der Waals surface area contributed by atoms with Crippen LogP contribution in [0.1, 0.15) is 17.8 Å². The maximum atomic E-state index is 9.57. The molecule has 3 heterocycles. The van der Waals surface area contributed by atoms with E-state index in [1.807, 2.05) is 17.8 Å². The van der Waals surface area contributed by atoms with Crippen LogP contribution >= 0.6 is 23.1 Å². The predicted octanol–water partition coefficient (Wildman–Crippen LogP) is 2.96. The summed E-state index contributed by atoms with van der Waals surface area (Å²) in [6.07, 6.45) is 2.40. The van der Waals surface area contributed by atoms with Gasteiger partial charge in [-0.25, -0.2) is 4.98 Å². The second-order valence-corrected chi connectivity index (χ2v) is 8.37. The van der Waals surface area contributed by atoms with Crippen molar-refractivity contribution in [2.45, 2.75) is 17.6 Å². The second kappa shape index (κ2) is 4.97. The SMILES string of the molecule is CN1CCC2(CC1)CN=C(c1nc3ccc(O)cc3s1)S2. The maximum absolute atomic E-state index is 9.57. The van der Waals surface area contributed by atoms with Gasteiger partial charge in [-0.05, 0) is 51.2 Å². The molecule has 110 valence electrons. The third-order valence-corrected chi connectivity index (χ3v) is 6.92. The molecule has 0 radical (unpaired) electrons. The molecule has 21 heavy (non-hydrogen) atoms. The van der Waals surface area contributed by atoms with E-state index in [0.717, 1.165) is 39.9 Å². The van der Waals surface area contributed by atoms with Gasteiger partial charge in [0, 0.05) is 4.75 Å². The number of piperidine rings is 1. The van der Waals surface area contributed by atoms with Gasteiger partial charge in [0.2, 0.25) is 0 Å². The molecule has 2 aromatic rings. The molecule has 0 bridgehead atoms. The van der Waals surface area contributed by atoms with Crippen LogP contribution in [0.25, 0.3) is 10.2 Å². The van der Waals surface area contributed by atoms with Crippen LogP contribution in [0.3, 0.4) is 0 Å². The van der Waals surface area contributed by atoms with E-state index >= 15 is 0 Å². The topological polar surface area (TPSA) is 48.7 Å². The van der Waals surface area contributed by atoms with E-state index in [-0.39, 0.29) is 0 Å². The zero-order valence-electron chi connectivity index (χ0n) is 11.9. The standard InChI is InChI=1S/C15H17N3OS2/c1-18-6-4-15(5-7-18)9-16-13(21-15)14-17-11-3-2-10(19)8-12(11)20-14/h2-3,8,19H,4-7,9H2,1H3. The van der Waals surface area contributed by atoms with Crippen LogP contribution < -0.4 is 0 Å². The minimum Gasteiger partial charge on any atom is -0.508 e. The first-order valence-electron chi connectivity index (χ1n) is 7.16. The molecule has 1 aromatic heterocycles. The summed E-state index contributed by atoms with van der Waals surface area (Å²) >= 11 is 3.54. The lowest BCUT2D eigenvalue weighted by Crippen LogP contribution is -2.41. The van der Waals surface area contributed by atoms with Gasteiger partial charge in [0.1, 0.15) is 15.8 Å². The quantitative estimate of drug-likeness (QED) is 0.878. The maximum Gasteiger partial charge on any atom is 0.149 e. The smallest absolute Gasteiger partial charge is 0.149 e. The normalized spacial score (nSPS) is 22.0. The minimum atomic E-state index is 0.293. The van der Waals surface area contributed by atoms with Crippen LogP contribution in [0.15, 0.2) is 23.2 Å². The Hall–Kier alpha value is -1.11. The van der Waals surface area contributed by atoms with Gasteiger partial charge in [0.15, 0.2) is 0 Å². The van der Waals surface area contributed by atoms with Gasteiger partial charge in [-0.3, -0.25) is 4.99 Å². The number of phenols is 1. The summed E-state index contributed by atoms with van der Waals surface area (Å²) in [6.45, 7) is 3.23. The molecule has 0 atom stereocenters. The summed E-state index contributed by atoms with van der Waals surface area (Å²) in [7, 11) is 2.19. The third kappa shape index (κ3) is 2.45. The summed E-state index contributed by atoms with van der Waals surface area (Å²) < 4.78 is 1.32. The number of hydrogen-bond acceptors (Lipinski definition) is 6. The Labute approximate surface area is 131 Å². The second-order valence-electron chi connectivity index (χ2n) is 5.88. The Morgan fingerprint density at radius 1 is 1.29 bits per heavy atom. The van der Waals surface area contributed by atoms with Crippen molar-refractivity contribution in [3.8, 4) is 5.75 Å². The number of nitrogens with zero attached hydrogens (tertiary/aromatic N) is 3. The van der Waals surface area contributed by atoms with Crippen molar-refractivity contribution >= 4 is 38.4 Å². The fourth-order valence-corrected chi connectivity index (χ4v) is 5.23. The van der Waals surface area contributed by atoms with Crippen molar-refractivity contribution in [2.75, 3.05) is 26.7 Å². The molecule has 4 rings (SSSR count). The van der Waals surface area contributed by atoms with Crippen molar-refractivity contribution in [2.24, 2.45) is 4.99 Å². The highest BCUT2D eigenvalue weighted by Gasteiger charge is 2.40.